The molecular formula is C12H21N2O4+. The predicted molar refractivity (Wildman–Crippen MR) is 63.9 cm³/mol. The van der Waals surface area contributed by atoms with Crippen molar-refractivity contribution >= 4 is 5.97 Å². The van der Waals surface area contributed by atoms with Gasteiger partial charge < -0.3 is 14.2 Å². The molecule has 0 amide bonds. The summed E-state index contributed by atoms with van der Waals surface area (Å²) < 4.78 is 19.0. The number of carbonyl (C=O) groups excluding carboxylic acids is 1. The minimum Gasteiger partial charge on any atom is -0.460 e. The summed E-state index contributed by atoms with van der Waals surface area (Å²) in [5.41, 5.74) is 0. The molecule has 0 fully saturated rings. The maximum Gasteiger partial charge on any atom is 0.348 e. The second-order valence-corrected chi connectivity index (χ2v) is 3.78. The van der Waals surface area contributed by atoms with E-state index in [0.29, 0.717) is 26.4 Å². The number of hydrogen-bond acceptors (Lipinski definition) is 4. The van der Waals surface area contributed by atoms with Gasteiger partial charge in [-0.2, -0.15) is 0 Å². The quantitative estimate of drug-likeness (QED) is 0.352. The molecule has 0 N–H and O–H groups in total. The molecule has 0 radical (unpaired) electrons. The normalized spacial score (nSPS) is 10.6. The summed E-state index contributed by atoms with van der Waals surface area (Å²) in [5.74, 6) is -0.264. The van der Waals surface area contributed by atoms with E-state index in [1.807, 2.05) is 37.3 Å². The highest BCUT2D eigenvalue weighted by atomic mass is 16.6. The summed E-state index contributed by atoms with van der Waals surface area (Å²) in [6, 6.07) is 0. The van der Waals surface area contributed by atoms with Crippen molar-refractivity contribution in [1.82, 2.24) is 4.57 Å². The fourth-order valence-corrected chi connectivity index (χ4v) is 1.37. The van der Waals surface area contributed by atoms with Crippen LogP contribution in [0.25, 0.3) is 0 Å². The molecule has 0 spiro atoms. The third-order valence-electron chi connectivity index (χ3n) is 2.20. The lowest BCUT2D eigenvalue weighted by Gasteiger charge is -2.05. The third-order valence-corrected chi connectivity index (χ3v) is 2.20. The number of esters is 1. The van der Waals surface area contributed by atoms with Crippen LogP contribution in [-0.2, 0) is 32.6 Å². The zero-order valence-corrected chi connectivity index (χ0v) is 11.0. The number of ether oxygens (including phenoxy) is 3. The molecule has 0 saturated heterocycles. The van der Waals surface area contributed by atoms with Crippen LogP contribution in [0.4, 0.5) is 0 Å². The Hall–Kier alpha value is -1.40. The first kappa shape index (κ1) is 14.7. The SMILES string of the molecule is CCOCCOCCOC(=O)C[n+]1ccn(C)c1. The Morgan fingerprint density at radius 3 is 2.61 bits per heavy atom. The zero-order valence-electron chi connectivity index (χ0n) is 11.0. The maximum atomic E-state index is 11.4. The van der Waals surface area contributed by atoms with Crippen LogP contribution in [-0.4, -0.2) is 43.6 Å². The second kappa shape index (κ2) is 8.66. The van der Waals surface area contributed by atoms with E-state index >= 15 is 0 Å². The largest absolute Gasteiger partial charge is 0.460 e. The molecule has 0 aliphatic carbocycles. The van der Waals surface area contributed by atoms with Crippen molar-refractivity contribution in [3.8, 4) is 0 Å². The second-order valence-electron chi connectivity index (χ2n) is 3.78. The molecule has 6 nitrogen and oxygen atoms in total. The van der Waals surface area contributed by atoms with Crippen LogP contribution < -0.4 is 4.57 Å². The highest BCUT2D eigenvalue weighted by Gasteiger charge is 2.08. The van der Waals surface area contributed by atoms with Crippen LogP contribution in [0, 0.1) is 0 Å². The minimum atomic E-state index is -0.264. The molecule has 0 bridgehead atoms. The molecule has 0 unspecified atom stereocenters. The molecule has 18 heavy (non-hydrogen) atoms. The van der Waals surface area contributed by atoms with E-state index in [2.05, 4.69) is 0 Å². The zero-order chi connectivity index (χ0) is 13.2. The van der Waals surface area contributed by atoms with Gasteiger partial charge >= 0.3 is 5.97 Å². The molecule has 1 heterocycles. The molecule has 0 atom stereocenters. The summed E-state index contributed by atoms with van der Waals surface area (Å²) >= 11 is 0. The average molecular weight is 257 g/mol. The first-order valence-corrected chi connectivity index (χ1v) is 6.04. The van der Waals surface area contributed by atoms with Crippen molar-refractivity contribution in [2.45, 2.75) is 13.5 Å². The molecule has 0 aromatic carbocycles. The lowest BCUT2D eigenvalue weighted by molar-refractivity contribution is -0.685. The highest BCUT2D eigenvalue weighted by molar-refractivity contribution is 5.67. The van der Waals surface area contributed by atoms with Gasteiger partial charge in [0.15, 0.2) is 6.54 Å². The van der Waals surface area contributed by atoms with Crippen molar-refractivity contribution in [3.05, 3.63) is 18.7 Å². The van der Waals surface area contributed by atoms with Gasteiger partial charge in [0.05, 0.1) is 26.9 Å². The molecular weight excluding hydrogens is 236 g/mol. The van der Waals surface area contributed by atoms with Gasteiger partial charge in [-0.25, -0.2) is 13.9 Å². The van der Waals surface area contributed by atoms with E-state index in [9.17, 15) is 4.79 Å². The third kappa shape index (κ3) is 6.36. The van der Waals surface area contributed by atoms with Gasteiger partial charge in [0.2, 0.25) is 6.33 Å². The number of nitrogens with zero attached hydrogens (tertiary/aromatic N) is 2. The Bertz CT molecular complexity index is 352. The number of carbonyl (C=O) groups is 1. The van der Waals surface area contributed by atoms with Gasteiger partial charge in [0, 0.05) is 6.61 Å². The fraction of sp³-hybridized carbons (Fsp3) is 0.667. The van der Waals surface area contributed by atoms with Crippen LogP contribution in [0.5, 0.6) is 0 Å². The first-order chi connectivity index (χ1) is 8.72. The summed E-state index contributed by atoms with van der Waals surface area (Å²) in [6.45, 7) is 4.62. The molecule has 1 aromatic rings. The molecule has 0 aliphatic heterocycles. The number of hydrogen-bond donors (Lipinski definition) is 0. The van der Waals surface area contributed by atoms with Crippen molar-refractivity contribution in [2.75, 3.05) is 33.0 Å². The summed E-state index contributed by atoms with van der Waals surface area (Å²) in [7, 11) is 1.90. The summed E-state index contributed by atoms with van der Waals surface area (Å²) in [6.07, 6.45) is 5.50. The topological polar surface area (TPSA) is 53.6 Å². The maximum absolute atomic E-state index is 11.4. The minimum absolute atomic E-state index is 0.222. The van der Waals surface area contributed by atoms with Crippen LogP contribution in [0.15, 0.2) is 18.7 Å². The Kier molecular flexibility index (Phi) is 7.05. The Balaban J connectivity index is 2.00. The predicted octanol–water partition coefficient (Wildman–Crippen LogP) is -0.0911. The van der Waals surface area contributed by atoms with Crippen LogP contribution in [0.1, 0.15) is 6.92 Å². The standard InChI is InChI=1S/C12H21N2O4/c1-3-16-6-7-17-8-9-18-12(15)10-14-5-4-13(2)11-14/h4-5,11H,3,6-10H2,1-2H3/q+1. The molecule has 102 valence electrons. The van der Waals surface area contributed by atoms with E-state index in [0.717, 1.165) is 0 Å². The van der Waals surface area contributed by atoms with Crippen LogP contribution in [0.3, 0.4) is 0 Å². The van der Waals surface area contributed by atoms with Gasteiger partial charge in [-0.1, -0.05) is 0 Å². The van der Waals surface area contributed by atoms with Gasteiger partial charge in [0.25, 0.3) is 0 Å². The molecule has 0 saturated carbocycles. The number of rotatable bonds is 9. The molecule has 0 aliphatic rings. The monoisotopic (exact) mass is 257 g/mol. The molecule has 1 aromatic heterocycles. The van der Waals surface area contributed by atoms with Crippen LogP contribution >= 0.6 is 0 Å². The van der Waals surface area contributed by atoms with Gasteiger partial charge in [-0.3, -0.25) is 0 Å². The number of aromatic nitrogens is 2. The van der Waals surface area contributed by atoms with E-state index in [-0.39, 0.29) is 19.1 Å². The number of imidazole rings is 1. The van der Waals surface area contributed by atoms with E-state index in [4.69, 9.17) is 14.2 Å². The van der Waals surface area contributed by atoms with Gasteiger partial charge in [-0.05, 0) is 6.92 Å². The van der Waals surface area contributed by atoms with E-state index in [1.165, 1.54) is 0 Å². The van der Waals surface area contributed by atoms with Crippen molar-refractivity contribution in [1.29, 1.82) is 0 Å². The Morgan fingerprint density at radius 2 is 1.94 bits per heavy atom. The molecule has 6 heteroatoms. The highest BCUT2D eigenvalue weighted by Crippen LogP contribution is 1.84. The number of aryl methyl sites for hydroxylation is 1. The van der Waals surface area contributed by atoms with Crippen molar-refractivity contribution < 1.29 is 23.6 Å². The Morgan fingerprint density at radius 1 is 1.22 bits per heavy atom. The fourth-order valence-electron chi connectivity index (χ4n) is 1.37. The first-order valence-electron chi connectivity index (χ1n) is 6.04. The van der Waals surface area contributed by atoms with Gasteiger partial charge in [-0.15, -0.1) is 0 Å². The van der Waals surface area contributed by atoms with Gasteiger partial charge in [0.1, 0.15) is 19.0 Å². The summed E-state index contributed by atoms with van der Waals surface area (Å²) in [5, 5.41) is 0. The lowest BCUT2D eigenvalue weighted by atomic mass is 10.6. The average Bonchev–Trinajstić information content (AvgIpc) is 2.73. The van der Waals surface area contributed by atoms with Crippen molar-refractivity contribution in [3.63, 3.8) is 0 Å². The smallest absolute Gasteiger partial charge is 0.348 e. The van der Waals surface area contributed by atoms with Crippen LogP contribution in [0.2, 0.25) is 0 Å². The lowest BCUT2D eigenvalue weighted by Crippen LogP contribution is -2.36. The van der Waals surface area contributed by atoms with E-state index < -0.39 is 0 Å². The summed E-state index contributed by atoms with van der Waals surface area (Å²) in [4.78, 5) is 11.4. The molecule has 1 rings (SSSR count). The van der Waals surface area contributed by atoms with Crippen molar-refractivity contribution in [2.24, 2.45) is 7.05 Å². The Labute approximate surface area is 107 Å². The van der Waals surface area contributed by atoms with E-state index in [1.54, 1.807) is 4.57 Å².